The maximum Gasteiger partial charge on any atom is 0.0938 e. The molecule has 2 bridgehead atoms. The van der Waals surface area contributed by atoms with E-state index in [0.717, 1.165) is 5.76 Å². The van der Waals surface area contributed by atoms with Crippen molar-refractivity contribution in [3.8, 4) is 0 Å². The molecule has 0 aromatic heterocycles. The second kappa shape index (κ2) is 4.43. The van der Waals surface area contributed by atoms with Gasteiger partial charge in [-0.15, -0.1) is 0 Å². The van der Waals surface area contributed by atoms with Gasteiger partial charge in [0.05, 0.1) is 18.4 Å². The summed E-state index contributed by atoms with van der Waals surface area (Å²) >= 11 is 0. The quantitative estimate of drug-likeness (QED) is 0.829. The maximum absolute atomic E-state index is 5.78. The summed E-state index contributed by atoms with van der Waals surface area (Å²) in [7, 11) is 1.81. The lowest BCUT2D eigenvalue weighted by Crippen LogP contribution is -2.76. The van der Waals surface area contributed by atoms with Crippen molar-refractivity contribution < 1.29 is 4.74 Å². The minimum absolute atomic E-state index is 0.0995. The van der Waals surface area contributed by atoms with Crippen molar-refractivity contribution in [2.24, 2.45) is 11.3 Å². The molecule has 132 valence electrons. The van der Waals surface area contributed by atoms with Gasteiger partial charge < -0.3 is 10.1 Å². The summed E-state index contributed by atoms with van der Waals surface area (Å²) in [6.45, 7) is 6.93. The SMILES string of the molecule is C=C(OC)[C@@H]1CC23CCCN4CC[C@@]5(c6ccccc6NC15CC2)[C@H]43. The average molecular weight is 336 g/mol. The van der Waals surface area contributed by atoms with E-state index >= 15 is 0 Å². The first-order chi connectivity index (χ1) is 12.2. The Bertz CT molecular complexity index is 775. The predicted octanol–water partition coefficient (Wildman–Crippen LogP) is 3.92. The summed E-state index contributed by atoms with van der Waals surface area (Å²) in [5, 5.41) is 4.08. The summed E-state index contributed by atoms with van der Waals surface area (Å²) in [6, 6.07) is 9.85. The van der Waals surface area contributed by atoms with Crippen LogP contribution in [0, 0.1) is 11.3 Å². The summed E-state index contributed by atoms with van der Waals surface area (Å²) in [6.07, 6.45) is 7.92. The molecule has 1 aromatic carbocycles. The van der Waals surface area contributed by atoms with Gasteiger partial charge >= 0.3 is 0 Å². The van der Waals surface area contributed by atoms with Crippen molar-refractivity contribution >= 4 is 5.69 Å². The molecule has 3 nitrogen and oxygen atoms in total. The first-order valence-electron chi connectivity index (χ1n) is 10.0. The van der Waals surface area contributed by atoms with E-state index in [9.17, 15) is 0 Å². The number of piperidine rings is 1. The predicted molar refractivity (Wildman–Crippen MR) is 99.6 cm³/mol. The van der Waals surface area contributed by atoms with Gasteiger partial charge in [-0.25, -0.2) is 0 Å². The molecule has 0 radical (unpaired) electrons. The number of hydrogen-bond acceptors (Lipinski definition) is 3. The fraction of sp³-hybridized carbons (Fsp3) is 0.636. The fourth-order valence-corrected chi connectivity index (χ4v) is 8.13. The zero-order valence-electron chi connectivity index (χ0n) is 15.2. The zero-order chi connectivity index (χ0) is 16.9. The molecule has 3 saturated carbocycles. The number of fused-ring (bicyclic) bond motifs is 3. The van der Waals surface area contributed by atoms with Gasteiger partial charge in [0.1, 0.15) is 0 Å². The molecule has 3 aliphatic heterocycles. The highest BCUT2D eigenvalue weighted by Crippen LogP contribution is 2.74. The first-order valence-corrected chi connectivity index (χ1v) is 10.0. The van der Waals surface area contributed by atoms with Crippen LogP contribution in [0.4, 0.5) is 5.69 Å². The van der Waals surface area contributed by atoms with Crippen LogP contribution in [0.25, 0.3) is 0 Å². The number of benzene rings is 1. The van der Waals surface area contributed by atoms with Crippen molar-refractivity contribution in [2.45, 2.75) is 55.5 Å². The highest BCUT2D eigenvalue weighted by atomic mass is 16.5. The monoisotopic (exact) mass is 336 g/mol. The normalized spacial score (nSPS) is 46.1. The number of para-hydroxylation sites is 1. The molecular formula is C22H28N2O. The molecule has 3 spiro atoms. The third kappa shape index (κ3) is 1.39. The van der Waals surface area contributed by atoms with E-state index in [1.54, 1.807) is 5.56 Å². The minimum atomic E-state index is 0.0995. The highest BCUT2D eigenvalue weighted by Gasteiger charge is 2.78. The molecule has 3 aliphatic carbocycles. The lowest BCUT2D eigenvalue weighted by Gasteiger charge is -2.69. The van der Waals surface area contributed by atoms with E-state index in [1.165, 1.54) is 57.3 Å². The average Bonchev–Trinajstić information content (AvgIpc) is 3.19. The van der Waals surface area contributed by atoms with Gasteiger partial charge in [0, 0.05) is 23.1 Å². The van der Waals surface area contributed by atoms with E-state index in [0.29, 0.717) is 17.4 Å². The van der Waals surface area contributed by atoms with Gasteiger partial charge in [0.2, 0.25) is 0 Å². The maximum atomic E-state index is 5.78. The van der Waals surface area contributed by atoms with Crippen LogP contribution >= 0.6 is 0 Å². The Morgan fingerprint density at radius 2 is 2.08 bits per heavy atom. The largest absolute Gasteiger partial charge is 0.501 e. The molecular weight excluding hydrogens is 308 g/mol. The number of ether oxygens (including phenoxy) is 1. The summed E-state index contributed by atoms with van der Waals surface area (Å²) in [5.41, 5.74) is 3.76. The standard InChI is InChI=1S/C22H28N2O/c1-15(25-2)17-14-20-8-5-12-24-13-11-21(19(20)24)16-6-3-4-7-18(16)23-22(17,21)10-9-20/h3-4,6-7,17,19,23H,1,5,8-14H2,2H3/t17-,19+,20?,21+,22?/m0/s1. The molecule has 3 heteroatoms. The molecule has 2 saturated heterocycles. The van der Waals surface area contributed by atoms with Crippen LogP contribution in [0.3, 0.4) is 0 Å². The number of nitrogens with zero attached hydrogens (tertiary/aromatic N) is 1. The Balaban J connectivity index is 1.65. The molecule has 6 aliphatic rings. The molecule has 2 unspecified atom stereocenters. The Labute approximate surface area is 150 Å². The number of anilines is 1. The third-order valence-electron chi connectivity index (χ3n) is 8.76. The van der Waals surface area contributed by atoms with Crippen molar-refractivity contribution in [1.82, 2.24) is 4.90 Å². The fourth-order valence-electron chi connectivity index (χ4n) is 8.13. The lowest BCUT2D eigenvalue weighted by molar-refractivity contribution is -0.128. The molecule has 5 atom stereocenters. The van der Waals surface area contributed by atoms with Crippen LogP contribution in [-0.2, 0) is 10.2 Å². The Kier molecular flexibility index (Phi) is 2.60. The van der Waals surface area contributed by atoms with Crippen molar-refractivity contribution in [3.05, 3.63) is 42.2 Å². The minimum Gasteiger partial charge on any atom is -0.501 e. The van der Waals surface area contributed by atoms with Crippen molar-refractivity contribution in [2.75, 3.05) is 25.5 Å². The van der Waals surface area contributed by atoms with E-state index in [4.69, 9.17) is 4.74 Å². The second-order valence-corrected chi connectivity index (χ2v) is 9.19. The Hall–Kier alpha value is -1.48. The molecule has 0 amide bonds. The van der Waals surface area contributed by atoms with Crippen LogP contribution < -0.4 is 5.32 Å². The van der Waals surface area contributed by atoms with Crippen LogP contribution in [0.1, 0.15) is 44.1 Å². The van der Waals surface area contributed by atoms with Gasteiger partial charge in [0.15, 0.2) is 0 Å². The number of hydrogen-bond donors (Lipinski definition) is 1. The molecule has 1 aromatic rings. The molecule has 5 fully saturated rings. The van der Waals surface area contributed by atoms with E-state index < -0.39 is 0 Å². The van der Waals surface area contributed by atoms with Gasteiger partial charge in [-0.05, 0) is 68.7 Å². The van der Waals surface area contributed by atoms with Crippen LogP contribution in [0.5, 0.6) is 0 Å². The molecule has 3 heterocycles. The second-order valence-electron chi connectivity index (χ2n) is 9.19. The van der Waals surface area contributed by atoms with Gasteiger partial charge in [0.25, 0.3) is 0 Å². The van der Waals surface area contributed by atoms with Gasteiger partial charge in [-0.1, -0.05) is 24.8 Å². The van der Waals surface area contributed by atoms with E-state index in [1.807, 2.05) is 7.11 Å². The van der Waals surface area contributed by atoms with Gasteiger partial charge in [-0.2, -0.15) is 0 Å². The number of rotatable bonds is 2. The van der Waals surface area contributed by atoms with Crippen LogP contribution in [0.15, 0.2) is 36.6 Å². The zero-order valence-corrected chi connectivity index (χ0v) is 15.2. The molecule has 25 heavy (non-hydrogen) atoms. The van der Waals surface area contributed by atoms with Gasteiger partial charge in [-0.3, -0.25) is 4.90 Å². The van der Waals surface area contributed by atoms with E-state index in [-0.39, 0.29) is 11.0 Å². The summed E-state index contributed by atoms with van der Waals surface area (Å²) in [4.78, 5) is 2.85. The van der Waals surface area contributed by atoms with Crippen molar-refractivity contribution in [3.63, 3.8) is 0 Å². The third-order valence-corrected chi connectivity index (χ3v) is 8.76. The van der Waals surface area contributed by atoms with E-state index in [2.05, 4.69) is 41.1 Å². The Morgan fingerprint density at radius 1 is 1.20 bits per heavy atom. The highest BCUT2D eigenvalue weighted by molar-refractivity contribution is 5.69. The molecule has 7 rings (SSSR count). The number of methoxy groups -OCH3 is 1. The van der Waals surface area contributed by atoms with Crippen LogP contribution in [0.2, 0.25) is 0 Å². The van der Waals surface area contributed by atoms with Crippen LogP contribution in [-0.4, -0.2) is 36.7 Å². The Morgan fingerprint density at radius 3 is 2.96 bits per heavy atom. The van der Waals surface area contributed by atoms with Crippen molar-refractivity contribution in [1.29, 1.82) is 0 Å². The lowest BCUT2D eigenvalue weighted by atomic mass is 9.39. The number of nitrogens with one attached hydrogen (secondary N) is 1. The summed E-state index contributed by atoms with van der Waals surface area (Å²) < 4.78 is 5.78. The smallest absolute Gasteiger partial charge is 0.0938 e. The summed E-state index contributed by atoms with van der Waals surface area (Å²) in [5.74, 6) is 1.43. The first kappa shape index (κ1) is 14.7. The topological polar surface area (TPSA) is 24.5 Å². The molecule has 1 N–H and O–H groups in total.